The molecule has 3 aromatic carbocycles. The van der Waals surface area contributed by atoms with Gasteiger partial charge < -0.3 is 19.7 Å². The molecule has 0 spiro atoms. The maximum absolute atomic E-state index is 14.1. The summed E-state index contributed by atoms with van der Waals surface area (Å²) in [6, 6.07) is 12.6. The van der Waals surface area contributed by atoms with Gasteiger partial charge in [-0.15, -0.1) is 0 Å². The van der Waals surface area contributed by atoms with Crippen LogP contribution in [0.4, 0.5) is 8.78 Å². The van der Waals surface area contributed by atoms with Gasteiger partial charge in [-0.2, -0.15) is 0 Å². The molecule has 0 unspecified atom stereocenters. The van der Waals surface area contributed by atoms with Crippen molar-refractivity contribution < 1.29 is 28.2 Å². The lowest BCUT2D eigenvalue weighted by Crippen LogP contribution is -2.43. The predicted octanol–water partition coefficient (Wildman–Crippen LogP) is 4.54. The van der Waals surface area contributed by atoms with E-state index in [9.17, 15) is 28.3 Å². The second-order valence-corrected chi connectivity index (χ2v) is 9.58. The van der Waals surface area contributed by atoms with Gasteiger partial charge in [0, 0.05) is 24.4 Å². The second kappa shape index (κ2) is 10.3. The van der Waals surface area contributed by atoms with E-state index in [0.717, 1.165) is 40.2 Å². The smallest absolute Gasteiger partial charge is 0.326 e. The first kappa shape index (κ1) is 26.1. The third-order valence-electron chi connectivity index (χ3n) is 7.22. The molecular formula is C30H26F2N2O5. The van der Waals surface area contributed by atoms with Gasteiger partial charge in [0.25, 0.3) is 11.5 Å². The van der Waals surface area contributed by atoms with Crippen molar-refractivity contribution in [1.29, 1.82) is 0 Å². The number of benzene rings is 3. The van der Waals surface area contributed by atoms with Gasteiger partial charge in [0.15, 0.2) is 0 Å². The van der Waals surface area contributed by atoms with E-state index in [0.29, 0.717) is 41.9 Å². The van der Waals surface area contributed by atoms with Gasteiger partial charge in [-0.25, -0.2) is 13.6 Å². The van der Waals surface area contributed by atoms with Crippen LogP contribution in [0.1, 0.15) is 33.5 Å². The molecule has 9 heteroatoms. The van der Waals surface area contributed by atoms with Crippen LogP contribution in [0.25, 0.3) is 22.0 Å². The Morgan fingerprint density at radius 2 is 1.79 bits per heavy atom. The molecule has 2 N–H and O–H groups in total. The minimum absolute atomic E-state index is 0.141. The van der Waals surface area contributed by atoms with Gasteiger partial charge >= 0.3 is 5.97 Å². The number of aliphatic carboxylic acids is 1. The fourth-order valence-electron chi connectivity index (χ4n) is 5.26. The number of aryl methyl sites for hydroxylation is 2. The second-order valence-electron chi connectivity index (χ2n) is 9.58. The van der Waals surface area contributed by atoms with E-state index in [4.69, 9.17) is 4.74 Å². The highest BCUT2D eigenvalue weighted by molar-refractivity contribution is 5.97. The van der Waals surface area contributed by atoms with Gasteiger partial charge in [0.1, 0.15) is 29.0 Å². The van der Waals surface area contributed by atoms with Crippen molar-refractivity contribution in [3.8, 4) is 16.9 Å². The van der Waals surface area contributed by atoms with Crippen molar-refractivity contribution in [3.05, 3.63) is 98.8 Å². The number of carboxylic acid groups (broad SMARTS) is 1. The molecule has 4 aromatic rings. The summed E-state index contributed by atoms with van der Waals surface area (Å²) in [4.78, 5) is 38.2. The molecule has 0 aliphatic carbocycles. The van der Waals surface area contributed by atoms with Gasteiger partial charge in [-0.1, -0.05) is 36.4 Å². The molecule has 0 radical (unpaired) electrons. The van der Waals surface area contributed by atoms with E-state index < -0.39 is 35.1 Å². The van der Waals surface area contributed by atoms with Crippen molar-refractivity contribution in [1.82, 2.24) is 9.88 Å². The maximum atomic E-state index is 14.1. The van der Waals surface area contributed by atoms with E-state index in [2.05, 4.69) is 5.32 Å². The molecule has 1 atom stereocenters. The van der Waals surface area contributed by atoms with E-state index in [1.54, 1.807) is 23.7 Å². The van der Waals surface area contributed by atoms with Crippen LogP contribution in [-0.4, -0.2) is 34.2 Å². The fraction of sp³-hybridized carbons (Fsp3) is 0.233. The Hall–Kier alpha value is -4.53. The molecule has 1 aromatic heterocycles. The number of para-hydroxylation sites is 1. The Labute approximate surface area is 222 Å². The number of nitrogens with one attached hydrogen (secondary N) is 1. The molecule has 200 valence electrons. The van der Waals surface area contributed by atoms with E-state index in [1.165, 1.54) is 0 Å². The van der Waals surface area contributed by atoms with Crippen LogP contribution >= 0.6 is 0 Å². The summed E-state index contributed by atoms with van der Waals surface area (Å²) in [6.45, 7) is 2.32. The Kier molecular flexibility index (Phi) is 6.91. The molecule has 0 bridgehead atoms. The number of rotatable bonds is 6. The normalized spacial score (nSPS) is 13.4. The minimum Gasteiger partial charge on any atom is -0.493 e. The van der Waals surface area contributed by atoms with E-state index in [-0.39, 0.29) is 12.0 Å². The average molecular weight is 533 g/mol. The number of ether oxygens (including phenoxy) is 1. The number of carboxylic acids is 1. The lowest BCUT2D eigenvalue weighted by atomic mass is 9.89. The predicted molar refractivity (Wildman–Crippen MR) is 142 cm³/mol. The number of fused-ring (bicyclic) bond motifs is 2. The van der Waals surface area contributed by atoms with Crippen LogP contribution in [0.3, 0.4) is 0 Å². The molecule has 1 aliphatic heterocycles. The largest absolute Gasteiger partial charge is 0.493 e. The van der Waals surface area contributed by atoms with Crippen molar-refractivity contribution in [2.45, 2.75) is 32.2 Å². The van der Waals surface area contributed by atoms with Gasteiger partial charge in [0.05, 0.1) is 17.7 Å². The number of pyridine rings is 1. The summed E-state index contributed by atoms with van der Waals surface area (Å²) >= 11 is 0. The molecule has 0 saturated carbocycles. The number of hydrogen-bond donors (Lipinski definition) is 2. The molecule has 1 amide bonds. The van der Waals surface area contributed by atoms with Crippen LogP contribution in [0.2, 0.25) is 0 Å². The van der Waals surface area contributed by atoms with Crippen molar-refractivity contribution in [3.63, 3.8) is 0 Å². The Morgan fingerprint density at radius 1 is 1.08 bits per heavy atom. The number of aromatic nitrogens is 1. The number of carbonyl (C=O) groups is 2. The molecule has 39 heavy (non-hydrogen) atoms. The number of hydrogen-bond acceptors (Lipinski definition) is 4. The van der Waals surface area contributed by atoms with Crippen LogP contribution in [0.5, 0.6) is 5.75 Å². The molecular weight excluding hydrogens is 506 g/mol. The Balaban J connectivity index is 1.56. The van der Waals surface area contributed by atoms with Crippen LogP contribution in [0, 0.1) is 18.6 Å². The molecule has 0 fully saturated rings. The summed E-state index contributed by atoms with van der Waals surface area (Å²) in [5.74, 6) is -4.17. The lowest BCUT2D eigenvalue weighted by Gasteiger charge is -2.25. The third-order valence-corrected chi connectivity index (χ3v) is 7.22. The number of nitrogens with zero attached hydrogens (tertiary/aromatic N) is 1. The fourth-order valence-corrected chi connectivity index (χ4v) is 5.26. The van der Waals surface area contributed by atoms with Gasteiger partial charge in [0.2, 0.25) is 0 Å². The highest BCUT2D eigenvalue weighted by atomic mass is 19.1. The monoisotopic (exact) mass is 532 g/mol. The SMILES string of the molecule is Cc1c(-c2ccc(C[C@H](NC(=O)c3c(F)cccc3F)C(=O)O)c3c2OCCC3)c(=O)n(C)c2ccccc12. The highest BCUT2D eigenvalue weighted by Gasteiger charge is 2.29. The average Bonchev–Trinajstić information content (AvgIpc) is 2.92. The number of carbonyl (C=O) groups excluding carboxylic acids is 1. The summed E-state index contributed by atoms with van der Waals surface area (Å²) in [6.07, 6.45) is 1.12. The van der Waals surface area contributed by atoms with Crippen LogP contribution in [-0.2, 0) is 24.7 Å². The van der Waals surface area contributed by atoms with Crippen molar-refractivity contribution >= 4 is 22.8 Å². The lowest BCUT2D eigenvalue weighted by molar-refractivity contribution is -0.139. The summed E-state index contributed by atoms with van der Waals surface area (Å²) < 4.78 is 35.9. The zero-order valence-electron chi connectivity index (χ0n) is 21.4. The first-order valence-electron chi connectivity index (χ1n) is 12.5. The minimum atomic E-state index is -1.45. The van der Waals surface area contributed by atoms with Crippen LogP contribution in [0.15, 0.2) is 59.4 Å². The molecule has 2 heterocycles. The standard InChI is InChI=1S/C30H26F2N2O5/c1-16-18-7-3-4-11-24(18)34(2)29(36)25(16)20-13-12-17(19-8-6-14-39-27(19)20)15-23(30(37)38)33-28(35)26-21(31)9-5-10-22(26)32/h3-5,7,9-13,23H,6,8,14-15H2,1-2H3,(H,33,35)(H,37,38)/t23-/m0/s1. The van der Waals surface area contributed by atoms with Crippen molar-refractivity contribution in [2.24, 2.45) is 7.05 Å². The van der Waals surface area contributed by atoms with Crippen LogP contribution < -0.4 is 15.6 Å². The molecule has 7 nitrogen and oxygen atoms in total. The Bertz CT molecular complexity index is 1680. The third kappa shape index (κ3) is 4.65. The Morgan fingerprint density at radius 3 is 2.51 bits per heavy atom. The topological polar surface area (TPSA) is 97.6 Å². The zero-order chi connectivity index (χ0) is 27.8. The summed E-state index contributed by atoms with van der Waals surface area (Å²) in [5, 5.41) is 13.0. The van der Waals surface area contributed by atoms with Gasteiger partial charge in [-0.05, 0) is 54.7 Å². The quantitative estimate of drug-likeness (QED) is 0.380. The molecule has 1 aliphatic rings. The first-order valence-corrected chi connectivity index (χ1v) is 12.5. The van der Waals surface area contributed by atoms with Gasteiger partial charge in [-0.3, -0.25) is 9.59 Å². The molecule has 5 rings (SSSR count). The maximum Gasteiger partial charge on any atom is 0.326 e. The first-order chi connectivity index (χ1) is 18.7. The van der Waals surface area contributed by atoms with E-state index >= 15 is 0 Å². The zero-order valence-corrected chi connectivity index (χ0v) is 21.4. The summed E-state index contributed by atoms with van der Waals surface area (Å²) in [7, 11) is 1.72. The number of halogens is 2. The molecule has 0 saturated heterocycles. The highest BCUT2D eigenvalue weighted by Crippen LogP contribution is 2.40. The summed E-state index contributed by atoms with van der Waals surface area (Å²) in [5.41, 5.74) is 3.05. The van der Waals surface area contributed by atoms with Crippen molar-refractivity contribution in [2.75, 3.05) is 6.61 Å². The van der Waals surface area contributed by atoms with E-state index in [1.807, 2.05) is 31.2 Å². The number of amides is 1.